The van der Waals surface area contributed by atoms with Gasteiger partial charge < -0.3 is 25.7 Å². The van der Waals surface area contributed by atoms with Crippen molar-refractivity contribution in [1.82, 2.24) is 21.3 Å². The van der Waals surface area contributed by atoms with E-state index in [4.69, 9.17) is 15.1 Å². The number of nitrogens with zero attached hydrogens (tertiary/aromatic N) is 1. The molecule has 0 unspecified atom stereocenters. The minimum absolute atomic E-state index is 0.00746. The topological polar surface area (TPSA) is 149 Å². The first kappa shape index (κ1) is 25.7. The number of rotatable bonds is 8. The minimum Gasteiger partial charge on any atom is -0.380 e. The van der Waals surface area contributed by atoms with E-state index >= 15 is 0 Å². The Hall–Kier alpha value is -3.92. The molecule has 1 heterocycles. The standard InChI is InChI=1S/C28H33N5O5/c1-17(34)37-32-24(19-7-3-2-4-8-19)26(35)31-28(14-20-9-5-6-10-21(20)15-28)27(36)30-16-18-11-12-22-23(13-18)38-33-25(22)29/h5-6,9-13,19,24,32H,2-4,7-8,14-16H2,1H3,(H2,29,33)(H,30,36)(H,31,35)/t24-/m1/s1. The van der Waals surface area contributed by atoms with Crippen molar-refractivity contribution >= 4 is 34.6 Å². The second-order valence-electron chi connectivity index (χ2n) is 10.4. The highest BCUT2D eigenvalue weighted by Gasteiger charge is 2.46. The summed E-state index contributed by atoms with van der Waals surface area (Å²) in [6, 6.07) is 12.5. The van der Waals surface area contributed by atoms with Crippen molar-refractivity contribution in [3.63, 3.8) is 0 Å². The van der Waals surface area contributed by atoms with Crippen LogP contribution in [-0.2, 0) is 38.6 Å². The number of hydrogen-bond acceptors (Lipinski definition) is 8. The maximum absolute atomic E-state index is 13.8. The van der Waals surface area contributed by atoms with Gasteiger partial charge in [0, 0.05) is 26.3 Å². The molecule has 10 heteroatoms. The lowest BCUT2D eigenvalue weighted by Gasteiger charge is -2.34. The van der Waals surface area contributed by atoms with Crippen molar-refractivity contribution in [2.75, 3.05) is 5.73 Å². The van der Waals surface area contributed by atoms with Gasteiger partial charge in [-0.25, -0.2) is 0 Å². The van der Waals surface area contributed by atoms with Gasteiger partial charge in [-0.3, -0.25) is 14.4 Å². The van der Waals surface area contributed by atoms with Crippen LogP contribution in [0.25, 0.3) is 11.0 Å². The molecule has 5 N–H and O–H groups in total. The van der Waals surface area contributed by atoms with Crippen LogP contribution in [0, 0.1) is 5.92 Å². The quantitative estimate of drug-likeness (QED) is 0.332. The summed E-state index contributed by atoms with van der Waals surface area (Å²) in [5.41, 5.74) is 10.7. The van der Waals surface area contributed by atoms with Gasteiger partial charge in [0.05, 0.1) is 5.39 Å². The van der Waals surface area contributed by atoms with E-state index in [1.165, 1.54) is 6.92 Å². The molecule has 200 valence electrons. The summed E-state index contributed by atoms with van der Waals surface area (Å²) in [4.78, 5) is 44.1. The summed E-state index contributed by atoms with van der Waals surface area (Å²) in [7, 11) is 0. The van der Waals surface area contributed by atoms with Crippen LogP contribution < -0.4 is 21.8 Å². The molecule has 1 fully saturated rings. The molecule has 38 heavy (non-hydrogen) atoms. The van der Waals surface area contributed by atoms with Crippen LogP contribution in [0.2, 0.25) is 0 Å². The Labute approximate surface area is 220 Å². The van der Waals surface area contributed by atoms with Crippen LogP contribution in [0.3, 0.4) is 0 Å². The zero-order valence-electron chi connectivity index (χ0n) is 21.4. The van der Waals surface area contributed by atoms with Gasteiger partial charge in [-0.1, -0.05) is 54.8 Å². The molecule has 2 aromatic carbocycles. The van der Waals surface area contributed by atoms with Gasteiger partial charge in [-0.05, 0) is 47.6 Å². The first-order valence-corrected chi connectivity index (χ1v) is 13.1. The summed E-state index contributed by atoms with van der Waals surface area (Å²) in [5.74, 6) is -0.831. The van der Waals surface area contributed by atoms with Gasteiger partial charge in [-0.2, -0.15) is 0 Å². The number of carbonyl (C=O) groups excluding carboxylic acids is 3. The third-order valence-corrected chi connectivity index (χ3v) is 7.65. The van der Waals surface area contributed by atoms with Crippen LogP contribution in [-0.4, -0.2) is 34.5 Å². The predicted molar refractivity (Wildman–Crippen MR) is 140 cm³/mol. The van der Waals surface area contributed by atoms with Crippen molar-refractivity contribution in [3.05, 3.63) is 59.2 Å². The van der Waals surface area contributed by atoms with E-state index < -0.39 is 17.6 Å². The first-order valence-electron chi connectivity index (χ1n) is 13.1. The zero-order valence-corrected chi connectivity index (χ0v) is 21.4. The highest BCUT2D eigenvalue weighted by molar-refractivity contribution is 5.95. The monoisotopic (exact) mass is 519 g/mol. The van der Waals surface area contributed by atoms with Crippen molar-refractivity contribution in [2.24, 2.45) is 5.92 Å². The molecule has 2 amide bonds. The van der Waals surface area contributed by atoms with Crippen LogP contribution in [0.1, 0.15) is 55.7 Å². The van der Waals surface area contributed by atoms with Crippen LogP contribution in [0.15, 0.2) is 47.0 Å². The molecule has 2 aliphatic carbocycles. The lowest BCUT2D eigenvalue weighted by Crippen LogP contribution is -2.63. The van der Waals surface area contributed by atoms with Gasteiger partial charge >= 0.3 is 5.97 Å². The van der Waals surface area contributed by atoms with E-state index in [0.717, 1.165) is 48.8 Å². The second-order valence-corrected chi connectivity index (χ2v) is 10.4. The van der Waals surface area contributed by atoms with Gasteiger partial charge in [0.15, 0.2) is 11.4 Å². The van der Waals surface area contributed by atoms with Gasteiger partial charge in [0.25, 0.3) is 0 Å². The Morgan fingerprint density at radius 2 is 1.82 bits per heavy atom. The summed E-state index contributed by atoms with van der Waals surface area (Å²) >= 11 is 0. The Balaban J connectivity index is 1.36. The summed E-state index contributed by atoms with van der Waals surface area (Å²) in [6.45, 7) is 1.52. The number of nitrogen functional groups attached to an aromatic ring is 1. The molecule has 0 saturated heterocycles. The fraction of sp³-hybridized carbons (Fsp3) is 0.429. The summed E-state index contributed by atoms with van der Waals surface area (Å²) in [5, 5.41) is 10.6. The Kier molecular flexibility index (Phi) is 7.33. The first-order chi connectivity index (χ1) is 18.3. The van der Waals surface area contributed by atoms with E-state index in [1.54, 1.807) is 12.1 Å². The second kappa shape index (κ2) is 10.8. The number of fused-ring (bicyclic) bond motifs is 2. The molecule has 0 radical (unpaired) electrons. The highest BCUT2D eigenvalue weighted by atomic mass is 16.7. The Morgan fingerprint density at radius 1 is 1.11 bits per heavy atom. The van der Waals surface area contributed by atoms with E-state index in [-0.39, 0.29) is 24.3 Å². The van der Waals surface area contributed by atoms with Crippen LogP contribution >= 0.6 is 0 Å². The number of benzene rings is 2. The maximum Gasteiger partial charge on any atom is 0.321 e. The number of nitrogens with one attached hydrogen (secondary N) is 3. The van der Waals surface area contributed by atoms with E-state index in [1.807, 2.05) is 30.3 Å². The third-order valence-electron chi connectivity index (χ3n) is 7.65. The zero-order chi connectivity index (χ0) is 26.7. The number of amides is 2. The maximum atomic E-state index is 13.8. The minimum atomic E-state index is -1.17. The average molecular weight is 520 g/mol. The summed E-state index contributed by atoms with van der Waals surface area (Å²) < 4.78 is 5.25. The fourth-order valence-corrected chi connectivity index (χ4v) is 5.68. The van der Waals surface area contributed by atoms with Gasteiger partial charge in [-0.15, -0.1) is 5.48 Å². The average Bonchev–Trinajstić information content (AvgIpc) is 3.48. The largest absolute Gasteiger partial charge is 0.380 e. The molecule has 0 bridgehead atoms. The SMILES string of the molecule is CC(=O)ON[C@@H](C(=O)NC1(C(=O)NCc2ccc3c(N)noc3c2)Cc2ccccc2C1)C1CCCCC1. The smallest absolute Gasteiger partial charge is 0.321 e. The van der Waals surface area contributed by atoms with Crippen LogP contribution in [0.4, 0.5) is 5.82 Å². The lowest BCUT2D eigenvalue weighted by molar-refractivity contribution is -0.154. The molecule has 10 nitrogen and oxygen atoms in total. The molecular formula is C28H33N5O5. The molecule has 5 rings (SSSR count). The van der Waals surface area contributed by atoms with Crippen molar-refractivity contribution < 1.29 is 23.7 Å². The number of anilines is 1. The molecule has 3 aromatic rings. The molecule has 0 spiro atoms. The Morgan fingerprint density at radius 3 is 2.50 bits per heavy atom. The van der Waals surface area contributed by atoms with E-state index in [0.29, 0.717) is 29.6 Å². The number of aromatic nitrogens is 1. The van der Waals surface area contributed by atoms with Gasteiger partial charge in [0.2, 0.25) is 11.8 Å². The number of carbonyl (C=O) groups is 3. The van der Waals surface area contributed by atoms with Crippen LogP contribution in [0.5, 0.6) is 0 Å². The molecule has 1 atom stereocenters. The lowest BCUT2D eigenvalue weighted by atomic mass is 9.83. The highest BCUT2D eigenvalue weighted by Crippen LogP contribution is 2.32. The Bertz CT molecular complexity index is 1320. The summed E-state index contributed by atoms with van der Waals surface area (Å²) in [6.07, 6.45) is 5.56. The molecule has 0 aliphatic heterocycles. The van der Waals surface area contributed by atoms with Crippen molar-refractivity contribution in [2.45, 2.75) is 70.0 Å². The number of hydroxylamine groups is 1. The van der Waals surface area contributed by atoms with Crippen molar-refractivity contribution in [3.8, 4) is 0 Å². The number of hydrogen-bond donors (Lipinski definition) is 4. The molecule has 2 aliphatic rings. The molecule has 1 saturated carbocycles. The fourth-order valence-electron chi connectivity index (χ4n) is 5.68. The predicted octanol–water partition coefficient (Wildman–Crippen LogP) is 2.70. The normalized spacial score (nSPS) is 17.5. The van der Waals surface area contributed by atoms with Gasteiger partial charge in [0.1, 0.15) is 11.6 Å². The molecule has 1 aromatic heterocycles. The van der Waals surface area contributed by atoms with E-state index in [9.17, 15) is 14.4 Å². The van der Waals surface area contributed by atoms with Crippen molar-refractivity contribution in [1.29, 1.82) is 0 Å². The van der Waals surface area contributed by atoms with E-state index in [2.05, 4.69) is 21.3 Å². The number of nitrogens with two attached hydrogens (primary N) is 1. The molecular weight excluding hydrogens is 486 g/mol. The third kappa shape index (κ3) is 5.35.